The maximum Gasteiger partial charge on any atom is 0.252 e. The molecule has 1 heterocycles. The highest BCUT2D eigenvalue weighted by Crippen LogP contribution is 2.32. The molecule has 0 aromatic heterocycles. The Kier molecular flexibility index (Phi) is 3.92. The molecular formula is C20H20N2O3. The fraction of sp³-hybridized carbons (Fsp3) is 0.300. The molecular weight excluding hydrogens is 316 g/mol. The summed E-state index contributed by atoms with van der Waals surface area (Å²) < 4.78 is 5.80. The zero-order chi connectivity index (χ0) is 17.4. The van der Waals surface area contributed by atoms with E-state index in [1.807, 2.05) is 55.5 Å². The van der Waals surface area contributed by atoms with Crippen molar-refractivity contribution < 1.29 is 14.3 Å². The van der Waals surface area contributed by atoms with Crippen LogP contribution in [0.1, 0.15) is 24.8 Å². The first-order valence-corrected chi connectivity index (χ1v) is 8.57. The third-order valence-electron chi connectivity index (χ3n) is 4.55. The van der Waals surface area contributed by atoms with Crippen molar-refractivity contribution in [2.75, 3.05) is 5.32 Å². The first-order chi connectivity index (χ1) is 12.1. The third kappa shape index (κ3) is 3.36. The van der Waals surface area contributed by atoms with E-state index in [0.717, 1.165) is 30.0 Å². The van der Waals surface area contributed by atoms with Crippen LogP contribution in [0.5, 0.6) is 11.5 Å². The molecule has 128 valence electrons. The van der Waals surface area contributed by atoms with Crippen LogP contribution in [0.2, 0.25) is 0 Å². The van der Waals surface area contributed by atoms with Gasteiger partial charge in [0.2, 0.25) is 5.91 Å². The normalized spacial score (nSPS) is 20.0. The van der Waals surface area contributed by atoms with Gasteiger partial charge < -0.3 is 10.1 Å². The Labute approximate surface area is 146 Å². The Morgan fingerprint density at radius 1 is 0.960 bits per heavy atom. The highest BCUT2D eigenvalue weighted by Gasteiger charge is 2.46. The summed E-state index contributed by atoms with van der Waals surface area (Å²) in [5.41, 5.74) is 1.99. The highest BCUT2D eigenvalue weighted by molar-refractivity contribution is 6.07. The van der Waals surface area contributed by atoms with Crippen LogP contribution in [0, 0.1) is 6.92 Å². The van der Waals surface area contributed by atoms with Crippen LogP contribution in [0.25, 0.3) is 0 Å². The molecule has 2 aromatic carbocycles. The number of rotatable bonds is 5. The first kappa shape index (κ1) is 15.7. The SMILES string of the molecule is Cc1ccc(Oc2ccc(NC3CC(=O)N(C4CC4)C3=O)cc2)cc1. The summed E-state index contributed by atoms with van der Waals surface area (Å²) in [5.74, 6) is 1.34. The molecule has 1 atom stereocenters. The van der Waals surface area contributed by atoms with Crippen molar-refractivity contribution in [3.63, 3.8) is 0 Å². The lowest BCUT2D eigenvalue weighted by Crippen LogP contribution is -2.36. The van der Waals surface area contributed by atoms with E-state index in [9.17, 15) is 9.59 Å². The summed E-state index contributed by atoms with van der Waals surface area (Å²) in [6.45, 7) is 2.03. The summed E-state index contributed by atoms with van der Waals surface area (Å²) in [5, 5.41) is 3.16. The zero-order valence-electron chi connectivity index (χ0n) is 14.1. The Morgan fingerprint density at radius 2 is 1.56 bits per heavy atom. The standard InChI is InChI=1S/C20H20N2O3/c1-13-2-8-16(9-3-13)25-17-10-4-14(5-11-17)21-18-12-19(23)22(20(18)24)15-6-7-15/h2-5,8-11,15,18,21H,6-7,12H2,1H3. The van der Waals surface area contributed by atoms with Crippen LogP contribution in [0.15, 0.2) is 48.5 Å². The predicted octanol–water partition coefficient (Wildman–Crippen LogP) is 3.49. The summed E-state index contributed by atoms with van der Waals surface area (Å²) in [7, 11) is 0. The number of anilines is 1. The molecule has 1 aliphatic heterocycles. The maximum absolute atomic E-state index is 12.4. The molecule has 5 nitrogen and oxygen atoms in total. The van der Waals surface area contributed by atoms with Crippen LogP contribution in [0.3, 0.4) is 0 Å². The molecule has 1 N–H and O–H groups in total. The van der Waals surface area contributed by atoms with E-state index in [1.165, 1.54) is 10.5 Å². The molecule has 0 bridgehead atoms. The largest absolute Gasteiger partial charge is 0.457 e. The number of likely N-dealkylation sites (tertiary alicyclic amines) is 1. The van der Waals surface area contributed by atoms with Gasteiger partial charge >= 0.3 is 0 Å². The second kappa shape index (κ2) is 6.24. The number of ether oxygens (including phenoxy) is 1. The van der Waals surface area contributed by atoms with Gasteiger partial charge in [-0.2, -0.15) is 0 Å². The van der Waals surface area contributed by atoms with Crippen LogP contribution >= 0.6 is 0 Å². The van der Waals surface area contributed by atoms with Gasteiger partial charge in [0.25, 0.3) is 5.91 Å². The van der Waals surface area contributed by atoms with E-state index in [1.54, 1.807) is 0 Å². The van der Waals surface area contributed by atoms with Crippen molar-refractivity contribution in [2.24, 2.45) is 0 Å². The molecule has 0 radical (unpaired) electrons. The number of aryl methyl sites for hydroxylation is 1. The molecule has 2 aliphatic rings. The molecule has 1 unspecified atom stereocenters. The molecule has 1 saturated heterocycles. The van der Waals surface area contributed by atoms with Crippen molar-refractivity contribution in [2.45, 2.75) is 38.3 Å². The third-order valence-corrected chi connectivity index (χ3v) is 4.55. The van der Waals surface area contributed by atoms with Crippen LogP contribution < -0.4 is 10.1 Å². The smallest absolute Gasteiger partial charge is 0.252 e. The van der Waals surface area contributed by atoms with Crippen molar-refractivity contribution in [1.82, 2.24) is 4.90 Å². The van der Waals surface area contributed by atoms with E-state index >= 15 is 0 Å². The van der Waals surface area contributed by atoms with E-state index < -0.39 is 6.04 Å². The maximum atomic E-state index is 12.4. The van der Waals surface area contributed by atoms with E-state index in [-0.39, 0.29) is 24.3 Å². The van der Waals surface area contributed by atoms with Gasteiger partial charge in [-0.15, -0.1) is 0 Å². The highest BCUT2D eigenvalue weighted by atomic mass is 16.5. The Balaban J connectivity index is 1.40. The number of imide groups is 1. The van der Waals surface area contributed by atoms with Gasteiger partial charge in [-0.3, -0.25) is 14.5 Å². The first-order valence-electron chi connectivity index (χ1n) is 8.57. The summed E-state index contributed by atoms with van der Waals surface area (Å²) in [6.07, 6.45) is 2.11. The number of nitrogens with zero attached hydrogens (tertiary/aromatic N) is 1. The molecule has 4 rings (SSSR count). The molecule has 2 amide bonds. The monoisotopic (exact) mass is 336 g/mol. The fourth-order valence-electron chi connectivity index (χ4n) is 3.04. The van der Waals surface area contributed by atoms with Gasteiger partial charge in [0, 0.05) is 11.7 Å². The number of hydrogen-bond acceptors (Lipinski definition) is 4. The number of amides is 2. The van der Waals surface area contributed by atoms with Crippen molar-refractivity contribution in [3.05, 3.63) is 54.1 Å². The van der Waals surface area contributed by atoms with Crippen molar-refractivity contribution in [3.8, 4) is 11.5 Å². The number of carbonyl (C=O) groups is 2. The lowest BCUT2D eigenvalue weighted by Gasteiger charge is -2.15. The minimum absolute atomic E-state index is 0.0654. The van der Waals surface area contributed by atoms with E-state index in [2.05, 4.69) is 5.32 Å². The minimum atomic E-state index is -0.461. The van der Waals surface area contributed by atoms with Gasteiger partial charge in [-0.1, -0.05) is 17.7 Å². The van der Waals surface area contributed by atoms with Gasteiger partial charge in [0.05, 0.1) is 6.42 Å². The summed E-state index contributed by atoms with van der Waals surface area (Å²) >= 11 is 0. The predicted molar refractivity (Wildman–Crippen MR) is 94.6 cm³/mol. The molecule has 2 fully saturated rings. The second-order valence-electron chi connectivity index (χ2n) is 6.67. The molecule has 0 spiro atoms. The number of nitrogens with one attached hydrogen (secondary N) is 1. The van der Waals surface area contributed by atoms with Gasteiger partial charge in [0.15, 0.2) is 0 Å². The topological polar surface area (TPSA) is 58.6 Å². The second-order valence-corrected chi connectivity index (χ2v) is 6.67. The molecule has 1 aliphatic carbocycles. The van der Waals surface area contributed by atoms with Gasteiger partial charge in [0.1, 0.15) is 17.5 Å². The molecule has 25 heavy (non-hydrogen) atoms. The summed E-state index contributed by atoms with van der Waals surface area (Å²) in [6, 6.07) is 15.0. The van der Waals surface area contributed by atoms with Crippen LogP contribution in [0.4, 0.5) is 5.69 Å². The lowest BCUT2D eigenvalue weighted by atomic mass is 10.2. The van der Waals surface area contributed by atoms with E-state index in [0.29, 0.717) is 0 Å². The average molecular weight is 336 g/mol. The van der Waals surface area contributed by atoms with Gasteiger partial charge in [-0.25, -0.2) is 0 Å². The average Bonchev–Trinajstić information content (AvgIpc) is 3.39. The number of benzene rings is 2. The number of carbonyl (C=O) groups excluding carboxylic acids is 2. The molecule has 1 saturated carbocycles. The Morgan fingerprint density at radius 3 is 2.16 bits per heavy atom. The van der Waals surface area contributed by atoms with E-state index in [4.69, 9.17) is 4.74 Å². The minimum Gasteiger partial charge on any atom is -0.457 e. The van der Waals surface area contributed by atoms with Gasteiger partial charge in [-0.05, 0) is 56.2 Å². The summed E-state index contributed by atoms with van der Waals surface area (Å²) in [4.78, 5) is 25.8. The molecule has 5 heteroatoms. The molecule has 2 aromatic rings. The van der Waals surface area contributed by atoms with Crippen LogP contribution in [-0.4, -0.2) is 28.8 Å². The van der Waals surface area contributed by atoms with Crippen LogP contribution in [-0.2, 0) is 9.59 Å². The van der Waals surface area contributed by atoms with Crippen molar-refractivity contribution >= 4 is 17.5 Å². The Bertz CT molecular complexity index is 795. The lowest BCUT2D eigenvalue weighted by molar-refractivity contribution is -0.139. The quantitative estimate of drug-likeness (QED) is 0.849. The zero-order valence-corrected chi connectivity index (χ0v) is 14.1. The fourth-order valence-corrected chi connectivity index (χ4v) is 3.04. The van der Waals surface area contributed by atoms with Crippen molar-refractivity contribution in [1.29, 1.82) is 0 Å². The Hall–Kier alpha value is -2.82. The number of hydrogen-bond donors (Lipinski definition) is 1.